The van der Waals surface area contributed by atoms with Gasteiger partial charge in [-0.15, -0.1) is 0 Å². The first-order chi connectivity index (χ1) is 5.54. The zero-order valence-corrected chi connectivity index (χ0v) is 7.89. The SMILES string of the molecule is Cc1c(Cl)ccc([C@H](C)N)c1O. The predicted octanol–water partition coefficient (Wildman–Crippen LogP) is 2.37. The molecular formula is C9H12ClNO. The molecule has 0 spiro atoms. The lowest BCUT2D eigenvalue weighted by Crippen LogP contribution is -2.05. The van der Waals surface area contributed by atoms with Gasteiger partial charge in [0, 0.05) is 22.2 Å². The van der Waals surface area contributed by atoms with Crippen molar-refractivity contribution in [1.29, 1.82) is 0 Å². The minimum atomic E-state index is -0.166. The van der Waals surface area contributed by atoms with Crippen LogP contribution in [0.4, 0.5) is 0 Å². The molecule has 0 aliphatic rings. The number of hydrogen-bond acceptors (Lipinski definition) is 2. The van der Waals surface area contributed by atoms with Crippen molar-refractivity contribution in [2.45, 2.75) is 19.9 Å². The first-order valence-electron chi connectivity index (χ1n) is 3.77. The first-order valence-corrected chi connectivity index (χ1v) is 4.15. The van der Waals surface area contributed by atoms with Gasteiger partial charge in [0.05, 0.1) is 0 Å². The molecule has 3 N–H and O–H groups in total. The van der Waals surface area contributed by atoms with Gasteiger partial charge >= 0.3 is 0 Å². The molecule has 1 rings (SSSR count). The Morgan fingerprint density at radius 1 is 1.50 bits per heavy atom. The molecular weight excluding hydrogens is 174 g/mol. The van der Waals surface area contributed by atoms with E-state index in [1.165, 1.54) is 0 Å². The van der Waals surface area contributed by atoms with Crippen molar-refractivity contribution in [1.82, 2.24) is 0 Å². The zero-order chi connectivity index (χ0) is 9.30. The summed E-state index contributed by atoms with van der Waals surface area (Å²) in [6.45, 7) is 3.59. The highest BCUT2D eigenvalue weighted by atomic mass is 35.5. The summed E-state index contributed by atoms with van der Waals surface area (Å²) < 4.78 is 0. The number of benzene rings is 1. The van der Waals surface area contributed by atoms with Gasteiger partial charge in [-0.05, 0) is 19.9 Å². The Balaban J connectivity index is 3.27. The van der Waals surface area contributed by atoms with Crippen LogP contribution in [0.3, 0.4) is 0 Å². The van der Waals surface area contributed by atoms with Gasteiger partial charge in [-0.2, -0.15) is 0 Å². The molecule has 0 radical (unpaired) electrons. The summed E-state index contributed by atoms with van der Waals surface area (Å²) in [5.41, 5.74) is 7.05. The van der Waals surface area contributed by atoms with E-state index in [2.05, 4.69) is 0 Å². The third-order valence-corrected chi connectivity index (χ3v) is 2.30. The van der Waals surface area contributed by atoms with Gasteiger partial charge in [-0.1, -0.05) is 17.7 Å². The molecule has 1 aromatic carbocycles. The van der Waals surface area contributed by atoms with E-state index in [0.717, 1.165) is 5.56 Å². The molecule has 3 heteroatoms. The van der Waals surface area contributed by atoms with Crippen molar-refractivity contribution < 1.29 is 5.11 Å². The smallest absolute Gasteiger partial charge is 0.124 e. The molecule has 1 aromatic rings. The fourth-order valence-corrected chi connectivity index (χ4v) is 1.22. The predicted molar refractivity (Wildman–Crippen MR) is 50.5 cm³/mol. The van der Waals surface area contributed by atoms with E-state index >= 15 is 0 Å². The van der Waals surface area contributed by atoms with Crippen LogP contribution in [-0.4, -0.2) is 5.11 Å². The van der Waals surface area contributed by atoms with Crippen molar-refractivity contribution in [3.05, 3.63) is 28.3 Å². The Hall–Kier alpha value is -0.730. The minimum absolute atomic E-state index is 0.166. The van der Waals surface area contributed by atoms with Gasteiger partial charge < -0.3 is 10.8 Å². The standard InChI is InChI=1S/C9H12ClNO/c1-5-8(10)4-3-7(6(2)11)9(5)12/h3-4,6,12H,11H2,1-2H3/t6-/m0/s1. The van der Waals surface area contributed by atoms with Gasteiger partial charge in [-0.25, -0.2) is 0 Å². The molecule has 2 nitrogen and oxygen atoms in total. The van der Waals surface area contributed by atoms with Crippen molar-refractivity contribution in [2.75, 3.05) is 0 Å². The summed E-state index contributed by atoms with van der Waals surface area (Å²) in [4.78, 5) is 0. The van der Waals surface area contributed by atoms with E-state index in [0.29, 0.717) is 10.6 Å². The number of rotatable bonds is 1. The lowest BCUT2D eigenvalue weighted by atomic mass is 10.0. The Kier molecular flexibility index (Phi) is 2.60. The molecule has 0 aliphatic heterocycles. The maximum absolute atomic E-state index is 9.58. The summed E-state index contributed by atoms with van der Waals surface area (Å²) in [7, 11) is 0. The van der Waals surface area contributed by atoms with Crippen LogP contribution in [-0.2, 0) is 0 Å². The molecule has 0 aliphatic carbocycles. The second-order valence-corrected chi connectivity index (χ2v) is 3.31. The van der Waals surface area contributed by atoms with E-state index in [9.17, 15) is 5.11 Å². The van der Waals surface area contributed by atoms with Crippen LogP contribution in [0.1, 0.15) is 24.1 Å². The summed E-state index contributed by atoms with van der Waals surface area (Å²) in [6, 6.07) is 3.32. The minimum Gasteiger partial charge on any atom is -0.507 e. The van der Waals surface area contributed by atoms with Gasteiger partial charge in [0.25, 0.3) is 0 Å². The van der Waals surface area contributed by atoms with Crippen molar-refractivity contribution in [2.24, 2.45) is 5.73 Å². The number of nitrogens with two attached hydrogens (primary N) is 1. The summed E-state index contributed by atoms with van der Waals surface area (Å²) in [6.07, 6.45) is 0. The fraction of sp³-hybridized carbons (Fsp3) is 0.333. The summed E-state index contributed by atoms with van der Waals surface area (Å²) >= 11 is 5.79. The highest BCUT2D eigenvalue weighted by molar-refractivity contribution is 6.31. The summed E-state index contributed by atoms with van der Waals surface area (Å²) in [5, 5.41) is 10.2. The normalized spacial score (nSPS) is 13.0. The van der Waals surface area contributed by atoms with Crippen LogP contribution >= 0.6 is 11.6 Å². The van der Waals surface area contributed by atoms with Gasteiger partial charge in [-0.3, -0.25) is 0 Å². The van der Waals surface area contributed by atoms with E-state index < -0.39 is 0 Å². The Labute approximate surface area is 77.0 Å². The average Bonchev–Trinajstić information content (AvgIpc) is 2.00. The third-order valence-electron chi connectivity index (χ3n) is 1.89. The van der Waals surface area contributed by atoms with Crippen LogP contribution in [0.25, 0.3) is 0 Å². The molecule has 0 saturated heterocycles. The van der Waals surface area contributed by atoms with Crippen LogP contribution in [0.15, 0.2) is 12.1 Å². The number of phenols is 1. The maximum atomic E-state index is 9.58. The molecule has 0 bridgehead atoms. The topological polar surface area (TPSA) is 46.2 Å². The highest BCUT2D eigenvalue weighted by Gasteiger charge is 2.09. The molecule has 1 atom stereocenters. The number of hydrogen-bond donors (Lipinski definition) is 2. The number of halogens is 1. The molecule has 0 fully saturated rings. The Bertz CT molecular complexity index is 297. The highest BCUT2D eigenvalue weighted by Crippen LogP contribution is 2.31. The molecule has 0 unspecified atom stereocenters. The van der Waals surface area contributed by atoms with Crippen LogP contribution < -0.4 is 5.73 Å². The number of aromatic hydroxyl groups is 1. The monoisotopic (exact) mass is 185 g/mol. The third kappa shape index (κ3) is 1.54. The average molecular weight is 186 g/mol. The molecule has 0 amide bonds. The van der Waals surface area contributed by atoms with Gasteiger partial charge in [0.1, 0.15) is 5.75 Å². The summed E-state index contributed by atoms with van der Waals surface area (Å²) in [5.74, 6) is 0.206. The Morgan fingerprint density at radius 3 is 2.58 bits per heavy atom. The Morgan fingerprint density at radius 2 is 2.08 bits per heavy atom. The van der Waals surface area contributed by atoms with E-state index in [1.54, 1.807) is 19.1 Å². The molecule has 0 heterocycles. The zero-order valence-electron chi connectivity index (χ0n) is 7.13. The second kappa shape index (κ2) is 3.33. The lowest BCUT2D eigenvalue weighted by molar-refractivity contribution is 0.459. The maximum Gasteiger partial charge on any atom is 0.124 e. The molecule has 0 aromatic heterocycles. The van der Waals surface area contributed by atoms with E-state index in [1.807, 2.05) is 6.92 Å². The molecule has 66 valence electrons. The van der Waals surface area contributed by atoms with Crippen molar-refractivity contribution in [3.8, 4) is 5.75 Å². The fourth-order valence-electron chi connectivity index (χ4n) is 1.06. The van der Waals surface area contributed by atoms with E-state index in [-0.39, 0.29) is 11.8 Å². The van der Waals surface area contributed by atoms with Gasteiger partial charge in [0.15, 0.2) is 0 Å². The van der Waals surface area contributed by atoms with Gasteiger partial charge in [0.2, 0.25) is 0 Å². The largest absolute Gasteiger partial charge is 0.507 e. The van der Waals surface area contributed by atoms with Crippen LogP contribution in [0.5, 0.6) is 5.75 Å². The van der Waals surface area contributed by atoms with Crippen molar-refractivity contribution >= 4 is 11.6 Å². The second-order valence-electron chi connectivity index (χ2n) is 2.90. The quantitative estimate of drug-likeness (QED) is 0.706. The van der Waals surface area contributed by atoms with Crippen molar-refractivity contribution in [3.63, 3.8) is 0 Å². The first kappa shape index (κ1) is 9.36. The van der Waals surface area contributed by atoms with Crippen LogP contribution in [0.2, 0.25) is 5.02 Å². The van der Waals surface area contributed by atoms with E-state index in [4.69, 9.17) is 17.3 Å². The number of phenolic OH excluding ortho intramolecular Hbond substituents is 1. The lowest BCUT2D eigenvalue weighted by Gasteiger charge is -2.10. The van der Waals surface area contributed by atoms with Crippen LogP contribution in [0, 0.1) is 6.92 Å². The molecule has 0 saturated carbocycles. The molecule has 12 heavy (non-hydrogen) atoms.